The third-order valence-corrected chi connectivity index (χ3v) is 5.60. The summed E-state index contributed by atoms with van der Waals surface area (Å²) in [6.45, 7) is 0. The lowest BCUT2D eigenvalue weighted by Crippen LogP contribution is -2.29. The molecule has 1 aliphatic carbocycles. The summed E-state index contributed by atoms with van der Waals surface area (Å²) in [5.74, 6) is -0.835. The quantitative estimate of drug-likeness (QED) is 0.581. The minimum Gasteiger partial charge on any atom is -0.268 e. The third-order valence-electron chi connectivity index (χ3n) is 5.60. The first-order valence-electron chi connectivity index (χ1n) is 9.62. The van der Waals surface area contributed by atoms with Gasteiger partial charge in [0.1, 0.15) is 0 Å². The zero-order valence-corrected chi connectivity index (χ0v) is 15.7. The molecule has 152 valence electrons. The largest absolute Gasteiger partial charge is 0.435 e. The van der Waals surface area contributed by atoms with E-state index in [1.54, 1.807) is 48.5 Å². The van der Waals surface area contributed by atoms with Crippen molar-refractivity contribution in [3.05, 3.63) is 76.6 Å². The first-order valence-corrected chi connectivity index (χ1v) is 9.62. The summed E-state index contributed by atoms with van der Waals surface area (Å²) < 4.78 is 41.6. The van der Waals surface area contributed by atoms with Crippen molar-refractivity contribution < 1.29 is 22.8 Å². The molecule has 0 saturated carbocycles. The molecule has 2 aliphatic rings. The second-order valence-electron chi connectivity index (χ2n) is 7.40. The number of fused-ring (bicyclic) bond motifs is 2. The summed E-state index contributed by atoms with van der Waals surface area (Å²) in [4.78, 5) is 26.3. The normalized spacial score (nSPS) is 16.0. The number of aromatic nitrogens is 2. The molecule has 2 aromatic carbocycles. The summed E-state index contributed by atoms with van der Waals surface area (Å²) >= 11 is 0. The van der Waals surface area contributed by atoms with Crippen molar-refractivity contribution in [2.45, 2.75) is 31.9 Å². The summed E-state index contributed by atoms with van der Waals surface area (Å²) in [6.07, 6.45) is -2.10. The average molecular weight is 411 g/mol. The highest BCUT2D eigenvalue weighted by atomic mass is 19.4. The van der Waals surface area contributed by atoms with E-state index in [9.17, 15) is 22.8 Å². The second-order valence-corrected chi connectivity index (χ2v) is 7.40. The molecule has 0 bridgehead atoms. The molecule has 2 amide bonds. The van der Waals surface area contributed by atoms with E-state index in [1.165, 1.54) is 4.68 Å². The van der Waals surface area contributed by atoms with Crippen LogP contribution in [0, 0.1) is 0 Å². The van der Waals surface area contributed by atoms with Crippen molar-refractivity contribution in [2.24, 2.45) is 0 Å². The summed E-state index contributed by atoms with van der Waals surface area (Å²) in [5.41, 5.74) is 1.50. The maximum Gasteiger partial charge on any atom is 0.435 e. The van der Waals surface area contributed by atoms with E-state index in [2.05, 4.69) is 5.10 Å². The average Bonchev–Trinajstić information content (AvgIpc) is 3.25. The maximum atomic E-state index is 13.4. The Morgan fingerprint density at radius 1 is 0.800 bits per heavy atom. The lowest BCUT2D eigenvalue weighted by atomic mass is 9.95. The number of hydrogen-bond donors (Lipinski definition) is 0. The number of hydrogen-bond acceptors (Lipinski definition) is 3. The van der Waals surface area contributed by atoms with Crippen LogP contribution >= 0.6 is 0 Å². The Morgan fingerprint density at radius 2 is 1.37 bits per heavy atom. The van der Waals surface area contributed by atoms with Crippen LogP contribution < -0.4 is 4.90 Å². The van der Waals surface area contributed by atoms with Gasteiger partial charge in [-0.3, -0.25) is 9.59 Å². The van der Waals surface area contributed by atoms with E-state index in [0.29, 0.717) is 47.5 Å². The first kappa shape index (κ1) is 18.6. The highest BCUT2D eigenvalue weighted by Crippen LogP contribution is 2.37. The fraction of sp³-hybridized carbons (Fsp3) is 0.227. The molecule has 1 aromatic heterocycles. The molecular formula is C22H16F3N3O2. The number of anilines is 1. The predicted molar refractivity (Wildman–Crippen MR) is 103 cm³/mol. The molecule has 8 heteroatoms. The Kier molecular flexibility index (Phi) is 4.06. The van der Waals surface area contributed by atoms with Crippen LogP contribution in [-0.2, 0) is 19.0 Å². The van der Waals surface area contributed by atoms with Crippen LogP contribution in [0.4, 0.5) is 18.9 Å². The number of imide groups is 1. The minimum absolute atomic E-state index is 0.262. The summed E-state index contributed by atoms with van der Waals surface area (Å²) in [7, 11) is 0. The molecule has 3 aromatic rings. The molecule has 5 nitrogen and oxygen atoms in total. The Bertz CT molecular complexity index is 1140. The third kappa shape index (κ3) is 2.74. The van der Waals surface area contributed by atoms with Gasteiger partial charge in [-0.1, -0.05) is 12.1 Å². The Balaban J connectivity index is 1.52. The van der Waals surface area contributed by atoms with Crippen molar-refractivity contribution in [2.75, 3.05) is 4.90 Å². The van der Waals surface area contributed by atoms with Crippen LogP contribution in [-0.4, -0.2) is 21.6 Å². The van der Waals surface area contributed by atoms with Gasteiger partial charge in [-0.15, -0.1) is 0 Å². The van der Waals surface area contributed by atoms with Crippen LogP contribution in [0.15, 0.2) is 48.5 Å². The zero-order chi connectivity index (χ0) is 21.0. The SMILES string of the molecule is O=C1c2ccccc2C(=O)N1c1ccc(-n2nc(C(F)(F)F)c3c2CCCC3)cc1. The van der Waals surface area contributed by atoms with E-state index in [0.717, 1.165) is 11.3 Å². The van der Waals surface area contributed by atoms with Crippen LogP contribution in [0.5, 0.6) is 0 Å². The monoisotopic (exact) mass is 411 g/mol. The van der Waals surface area contributed by atoms with Crippen molar-refractivity contribution in [1.29, 1.82) is 0 Å². The Labute approximate surface area is 169 Å². The molecule has 0 radical (unpaired) electrons. The fourth-order valence-corrected chi connectivity index (χ4v) is 4.21. The topological polar surface area (TPSA) is 55.2 Å². The molecule has 2 heterocycles. The van der Waals surface area contributed by atoms with E-state index in [1.807, 2.05) is 0 Å². The number of carbonyl (C=O) groups is 2. The number of nitrogens with zero attached hydrogens (tertiary/aromatic N) is 3. The van der Waals surface area contributed by atoms with Crippen LogP contribution in [0.1, 0.15) is 50.5 Å². The summed E-state index contributed by atoms with van der Waals surface area (Å²) in [6, 6.07) is 12.9. The minimum atomic E-state index is -4.51. The van der Waals surface area contributed by atoms with Crippen molar-refractivity contribution in [3.63, 3.8) is 0 Å². The van der Waals surface area contributed by atoms with E-state index >= 15 is 0 Å². The van der Waals surface area contributed by atoms with Gasteiger partial charge >= 0.3 is 6.18 Å². The van der Waals surface area contributed by atoms with Gasteiger partial charge in [0.15, 0.2) is 5.69 Å². The molecule has 0 spiro atoms. The second kappa shape index (κ2) is 6.55. The smallest absolute Gasteiger partial charge is 0.268 e. The van der Waals surface area contributed by atoms with Gasteiger partial charge in [0, 0.05) is 11.3 Å². The number of carbonyl (C=O) groups excluding carboxylic acids is 2. The molecule has 0 N–H and O–H groups in total. The molecule has 1 aliphatic heterocycles. The Morgan fingerprint density at radius 3 is 1.97 bits per heavy atom. The molecule has 0 fully saturated rings. The first-order chi connectivity index (χ1) is 14.4. The van der Waals surface area contributed by atoms with Crippen molar-refractivity contribution in [1.82, 2.24) is 9.78 Å². The van der Waals surface area contributed by atoms with Crippen molar-refractivity contribution >= 4 is 17.5 Å². The molecule has 0 saturated heterocycles. The highest BCUT2D eigenvalue weighted by molar-refractivity contribution is 6.34. The van der Waals surface area contributed by atoms with Crippen molar-refractivity contribution in [3.8, 4) is 5.69 Å². The zero-order valence-electron chi connectivity index (χ0n) is 15.7. The molecular weight excluding hydrogens is 395 g/mol. The Hall–Kier alpha value is -3.42. The van der Waals surface area contributed by atoms with Gasteiger partial charge in [-0.05, 0) is 62.1 Å². The highest BCUT2D eigenvalue weighted by Gasteiger charge is 2.40. The number of benzene rings is 2. The van der Waals surface area contributed by atoms with Gasteiger partial charge in [0.25, 0.3) is 11.8 Å². The van der Waals surface area contributed by atoms with Gasteiger partial charge in [-0.2, -0.15) is 18.3 Å². The van der Waals surface area contributed by atoms with Crippen LogP contribution in [0.2, 0.25) is 0 Å². The van der Waals surface area contributed by atoms with E-state index in [4.69, 9.17) is 0 Å². The van der Waals surface area contributed by atoms with E-state index < -0.39 is 23.7 Å². The maximum absolute atomic E-state index is 13.4. The van der Waals surface area contributed by atoms with Gasteiger partial charge in [0.2, 0.25) is 0 Å². The fourth-order valence-electron chi connectivity index (χ4n) is 4.21. The van der Waals surface area contributed by atoms with Crippen LogP contribution in [0.3, 0.4) is 0 Å². The molecule has 0 atom stereocenters. The molecule has 0 unspecified atom stereocenters. The summed E-state index contributed by atoms with van der Waals surface area (Å²) in [5, 5.41) is 3.87. The number of amides is 2. The lowest BCUT2D eigenvalue weighted by Gasteiger charge is -2.16. The van der Waals surface area contributed by atoms with Gasteiger partial charge in [0.05, 0.1) is 22.5 Å². The molecule has 5 rings (SSSR count). The van der Waals surface area contributed by atoms with Gasteiger partial charge in [-0.25, -0.2) is 9.58 Å². The standard InChI is InChI=1S/C22H16F3N3O2/c23-22(24,25)19-17-7-3-4-8-18(17)28(26-19)14-11-9-13(10-12-14)27-20(29)15-5-1-2-6-16(15)21(27)30/h1-2,5-6,9-12H,3-4,7-8H2. The number of halogens is 3. The predicted octanol–water partition coefficient (Wildman–Crippen LogP) is 4.57. The van der Waals surface area contributed by atoms with E-state index in [-0.39, 0.29) is 5.56 Å². The number of alkyl halides is 3. The van der Waals surface area contributed by atoms with Crippen LogP contribution in [0.25, 0.3) is 5.69 Å². The lowest BCUT2D eigenvalue weighted by molar-refractivity contribution is -0.142. The van der Waals surface area contributed by atoms with Gasteiger partial charge < -0.3 is 0 Å². The number of rotatable bonds is 2. The molecule has 30 heavy (non-hydrogen) atoms.